The first-order valence-electron chi connectivity index (χ1n) is 11.3. The number of hydrogen-bond acceptors (Lipinski definition) is 5. The van der Waals surface area contributed by atoms with Gasteiger partial charge in [0.1, 0.15) is 18.5 Å². The highest BCUT2D eigenvalue weighted by molar-refractivity contribution is 5.82. The molecule has 5 nitrogen and oxygen atoms in total. The zero-order chi connectivity index (χ0) is 22.4. The van der Waals surface area contributed by atoms with Crippen molar-refractivity contribution in [3.8, 4) is 5.75 Å². The topological polar surface area (TPSA) is 57.4 Å². The summed E-state index contributed by atoms with van der Waals surface area (Å²) in [6, 6.07) is 9.63. The number of benzene rings is 1. The van der Waals surface area contributed by atoms with E-state index < -0.39 is 6.10 Å². The number of aliphatic hydroxyl groups excluding tert-OH is 1. The largest absolute Gasteiger partial charge is 0.491 e. The Bertz CT molecular complexity index is 597. The third-order valence-corrected chi connectivity index (χ3v) is 4.66. The van der Waals surface area contributed by atoms with Crippen LogP contribution in [0.25, 0.3) is 0 Å². The van der Waals surface area contributed by atoms with Crippen LogP contribution in [0.5, 0.6) is 5.75 Å². The zero-order valence-electron chi connectivity index (χ0n) is 20.0. The molecule has 0 aliphatic rings. The summed E-state index contributed by atoms with van der Waals surface area (Å²) in [6.45, 7) is 17.0. The summed E-state index contributed by atoms with van der Waals surface area (Å²) in [4.78, 5) is 11.7. The van der Waals surface area contributed by atoms with E-state index in [9.17, 15) is 5.11 Å². The molecule has 5 heteroatoms. The van der Waals surface area contributed by atoms with Crippen molar-refractivity contribution in [1.82, 2.24) is 4.90 Å². The Labute approximate surface area is 184 Å². The van der Waals surface area contributed by atoms with Crippen molar-refractivity contribution >= 4 is 11.4 Å². The molecule has 30 heavy (non-hydrogen) atoms. The minimum atomic E-state index is -0.549. The van der Waals surface area contributed by atoms with E-state index in [-0.39, 0.29) is 6.61 Å². The number of nitrogens with zero attached hydrogens (tertiary/aromatic N) is 3. The fourth-order valence-corrected chi connectivity index (χ4v) is 3.43. The SMILES string of the molecule is CC(CC(C)C)=NCCN(CCN=C(C)CC(C)C)C[C@@H](O)COc1ccccc1. The Morgan fingerprint density at radius 1 is 0.900 bits per heavy atom. The van der Waals surface area contributed by atoms with Gasteiger partial charge in [-0.25, -0.2) is 0 Å². The van der Waals surface area contributed by atoms with E-state index in [1.54, 1.807) is 0 Å². The van der Waals surface area contributed by atoms with Crippen LogP contribution in [-0.4, -0.2) is 66.9 Å². The molecule has 0 spiro atoms. The summed E-state index contributed by atoms with van der Waals surface area (Å²) in [7, 11) is 0. The summed E-state index contributed by atoms with van der Waals surface area (Å²) in [5, 5.41) is 10.5. The molecule has 1 atom stereocenters. The van der Waals surface area contributed by atoms with Crippen LogP contribution in [0.1, 0.15) is 54.4 Å². The summed E-state index contributed by atoms with van der Waals surface area (Å²) in [5.74, 6) is 2.03. The smallest absolute Gasteiger partial charge is 0.119 e. The Morgan fingerprint density at radius 3 is 1.87 bits per heavy atom. The quantitative estimate of drug-likeness (QED) is 0.419. The molecule has 0 saturated carbocycles. The minimum Gasteiger partial charge on any atom is -0.491 e. The van der Waals surface area contributed by atoms with Gasteiger partial charge in [-0.3, -0.25) is 14.9 Å². The van der Waals surface area contributed by atoms with Gasteiger partial charge in [0.2, 0.25) is 0 Å². The molecule has 0 aliphatic carbocycles. The van der Waals surface area contributed by atoms with E-state index in [4.69, 9.17) is 14.7 Å². The molecular formula is C25H43N3O2. The second-order valence-corrected chi connectivity index (χ2v) is 9.01. The van der Waals surface area contributed by atoms with E-state index in [0.717, 1.165) is 44.8 Å². The van der Waals surface area contributed by atoms with Crippen molar-refractivity contribution in [2.75, 3.05) is 39.3 Å². The first-order chi connectivity index (χ1) is 14.3. The number of hydrogen-bond donors (Lipinski definition) is 1. The second kappa shape index (κ2) is 15.1. The zero-order valence-corrected chi connectivity index (χ0v) is 20.0. The van der Waals surface area contributed by atoms with Gasteiger partial charge in [-0.1, -0.05) is 45.9 Å². The van der Waals surface area contributed by atoms with Gasteiger partial charge in [0, 0.05) is 31.1 Å². The molecule has 0 saturated heterocycles. The summed E-state index contributed by atoms with van der Waals surface area (Å²) in [5.41, 5.74) is 2.40. The fourth-order valence-electron chi connectivity index (χ4n) is 3.43. The van der Waals surface area contributed by atoms with E-state index >= 15 is 0 Å². The number of ether oxygens (including phenoxy) is 1. The van der Waals surface area contributed by atoms with E-state index in [2.05, 4.69) is 46.4 Å². The Hall–Kier alpha value is -1.72. The molecule has 1 aromatic carbocycles. The number of aliphatic hydroxyl groups is 1. The van der Waals surface area contributed by atoms with Crippen LogP contribution >= 0.6 is 0 Å². The van der Waals surface area contributed by atoms with Gasteiger partial charge in [-0.15, -0.1) is 0 Å². The molecule has 0 aromatic heterocycles. The van der Waals surface area contributed by atoms with Gasteiger partial charge >= 0.3 is 0 Å². The predicted octanol–water partition coefficient (Wildman–Crippen LogP) is 4.74. The van der Waals surface area contributed by atoms with E-state index in [1.807, 2.05) is 30.3 Å². The summed E-state index contributed by atoms with van der Waals surface area (Å²) >= 11 is 0. The third kappa shape index (κ3) is 13.5. The lowest BCUT2D eigenvalue weighted by atomic mass is 10.1. The van der Waals surface area contributed by atoms with Crippen LogP contribution < -0.4 is 4.74 Å². The minimum absolute atomic E-state index is 0.284. The summed E-state index contributed by atoms with van der Waals surface area (Å²) in [6.07, 6.45) is 1.52. The Kier molecular flexibility index (Phi) is 13.3. The molecule has 0 aliphatic heterocycles. The lowest BCUT2D eigenvalue weighted by Crippen LogP contribution is -2.38. The molecule has 1 N–H and O–H groups in total. The maximum absolute atomic E-state index is 10.5. The maximum atomic E-state index is 10.5. The van der Waals surface area contributed by atoms with Crippen LogP contribution in [0.15, 0.2) is 40.3 Å². The Balaban J connectivity index is 2.56. The molecule has 0 fully saturated rings. The maximum Gasteiger partial charge on any atom is 0.119 e. The third-order valence-electron chi connectivity index (χ3n) is 4.66. The Morgan fingerprint density at radius 2 is 1.40 bits per heavy atom. The molecule has 0 bridgehead atoms. The van der Waals surface area contributed by atoms with Crippen molar-refractivity contribution in [1.29, 1.82) is 0 Å². The molecule has 0 radical (unpaired) electrons. The normalized spacial score (nSPS) is 14.1. The molecular weight excluding hydrogens is 374 g/mol. The van der Waals surface area contributed by atoms with Crippen molar-refractivity contribution < 1.29 is 9.84 Å². The second-order valence-electron chi connectivity index (χ2n) is 9.01. The van der Waals surface area contributed by atoms with Gasteiger partial charge in [0.05, 0.1) is 13.1 Å². The van der Waals surface area contributed by atoms with Gasteiger partial charge < -0.3 is 9.84 Å². The molecule has 1 rings (SSSR count). The average Bonchev–Trinajstić information content (AvgIpc) is 2.66. The lowest BCUT2D eigenvalue weighted by Gasteiger charge is -2.24. The van der Waals surface area contributed by atoms with Crippen molar-refractivity contribution in [2.45, 2.75) is 60.5 Å². The van der Waals surface area contributed by atoms with Crippen LogP contribution in [0, 0.1) is 11.8 Å². The van der Waals surface area contributed by atoms with Crippen molar-refractivity contribution in [3.63, 3.8) is 0 Å². The van der Waals surface area contributed by atoms with Gasteiger partial charge in [-0.2, -0.15) is 0 Å². The lowest BCUT2D eigenvalue weighted by molar-refractivity contribution is 0.0702. The first-order valence-corrected chi connectivity index (χ1v) is 11.3. The number of rotatable bonds is 15. The average molecular weight is 418 g/mol. The van der Waals surface area contributed by atoms with Gasteiger partial charge in [-0.05, 0) is 50.7 Å². The highest BCUT2D eigenvalue weighted by Gasteiger charge is 2.12. The van der Waals surface area contributed by atoms with E-state index in [1.165, 1.54) is 11.4 Å². The van der Waals surface area contributed by atoms with Crippen LogP contribution in [-0.2, 0) is 0 Å². The fraction of sp³-hybridized carbons (Fsp3) is 0.680. The highest BCUT2D eigenvalue weighted by Crippen LogP contribution is 2.09. The molecule has 0 heterocycles. The van der Waals surface area contributed by atoms with Gasteiger partial charge in [0.15, 0.2) is 0 Å². The molecule has 0 amide bonds. The first kappa shape index (κ1) is 26.3. The summed E-state index contributed by atoms with van der Waals surface area (Å²) < 4.78 is 5.71. The van der Waals surface area contributed by atoms with Crippen molar-refractivity contribution in [3.05, 3.63) is 30.3 Å². The molecule has 1 aromatic rings. The standard InChI is InChI=1S/C25H43N3O2/c1-20(2)16-22(5)26-12-14-28(15-13-27-23(6)17-21(3)4)18-24(29)19-30-25-10-8-7-9-11-25/h7-11,20-21,24,29H,12-19H2,1-6H3/t24-/m1/s1. The number of para-hydroxylation sites is 1. The predicted molar refractivity (Wildman–Crippen MR) is 129 cm³/mol. The van der Waals surface area contributed by atoms with Crippen LogP contribution in [0.2, 0.25) is 0 Å². The monoisotopic (exact) mass is 417 g/mol. The van der Waals surface area contributed by atoms with Crippen LogP contribution in [0.3, 0.4) is 0 Å². The van der Waals surface area contributed by atoms with Crippen LogP contribution in [0.4, 0.5) is 0 Å². The number of aliphatic imine (C=N–C) groups is 2. The van der Waals surface area contributed by atoms with Gasteiger partial charge in [0.25, 0.3) is 0 Å². The van der Waals surface area contributed by atoms with E-state index in [0.29, 0.717) is 18.4 Å². The molecule has 0 unspecified atom stereocenters. The highest BCUT2D eigenvalue weighted by atomic mass is 16.5. The molecule has 170 valence electrons. The van der Waals surface area contributed by atoms with Crippen molar-refractivity contribution in [2.24, 2.45) is 21.8 Å².